The lowest BCUT2D eigenvalue weighted by Crippen LogP contribution is -2.22. The highest BCUT2D eigenvalue weighted by Crippen LogP contribution is 2.20. The highest BCUT2D eigenvalue weighted by molar-refractivity contribution is 6.31. The summed E-state index contributed by atoms with van der Waals surface area (Å²) in [7, 11) is 3.99. The van der Waals surface area contributed by atoms with E-state index in [4.69, 9.17) is 23.2 Å². The Bertz CT molecular complexity index is 347. The molecule has 0 aliphatic rings. The van der Waals surface area contributed by atoms with E-state index >= 15 is 0 Å². The molecule has 0 bridgehead atoms. The van der Waals surface area contributed by atoms with Crippen molar-refractivity contribution in [2.45, 2.75) is 32.2 Å². The van der Waals surface area contributed by atoms with E-state index in [1.54, 1.807) is 0 Å². The monoisotopic (exact) mass is 263 g/mol. The quantitative estimate of drug-likeness (QED) is 0.762. The lowest BCUT2D eigenvalue weighted by atomic mass is 10.3. The molecule has 0 amide bonds. The second-order valence-corrected chi connectivity index (χ2v) is 5.40. The van der Waals surface area contributed by atoms with E-state index < -0.39 is 0 Å². The number of hydrogen-bond acceptors (Lipinski definition) is 2. The van der Waals surface area contributed by atoms with Crippen LogP contribution in [0.1, 0.15) is 24.7 Å². The summed E-state index contributed by atoms with van der Waals surface area (Å²) in [4.78, 5) is 2.21. The number of hydrogen-bond donors (Lipinski definition) is 0. The van der Waals surface area contributed by atoms with E-state index in [2.05, 4.69) is 17.0 Å². The topological polar surface area (TPSA) is 21.1 Å². The van der Waals surface area contributed by atoms with E-state index in [9.17, 15) is 0 Å². The second-order valence-electron chi connectivity index (χ2n) is 4.28. The zero-order valence-electron chi connectivity index (χ0n) is 10.3. The van der Waals surface area contributed by atoms with Gasteiger partial charge in [-0.2, -0.15) is 5.10 Å². The maximum atomic E-state index is 6.18. The van der Waals surface area contributed by atoms with Gasteiger partial charge in [0, 0.05) is 19.0 Å². The van der Waals surface area contributed by atoms with Crippen LogP contribution in [-0.4, -0.2) is 33.6 Å². The summed E-state index contributed by atoms with van der Waals surface area (Å²) >= 11 is 12.1. The number of nitrogens with zero attached hydrogens (tertiary/aromatic N) is 3. The molecule has 5 heteroatoms. The van der Waals surface area contributed by atoms with E-state index in [1.165, 1.54) is 0 Å². The molecule has 1 aromatic rings. The molecule has 0 saturated carbocycles. The average Bonchev–Trinajstić information content (AvgIpc) is 2.42. The molecule has 0 radical (unpaired) electrons. The SMILES string of the molecule is Cc1nn(C)c(CN(C)CCC(C)Cl)c1Cl. The first kappa shape index (κ1) is 13.8. The minimum atomic E-state index is 0.214. The lowest BCUT2D eigenvalue weighted by molar-refractivity contribution is 0.312. The molecule has 1 aromatic heterocycles. The van der Waals surface area contributed by atoms with Crippen LogP contribution in [0.2, 0.25) is 5.02 Å². The van der Waals surface area contributed by atoms with Crippen molar-refractivity contribution in [1.29, 1.82) is 0 Å². The standard InChI is InChI=1S/C11H19Cl2N3/c1-8(12)5-6-15(3)7-10-11(13)9(2)14-16(10)4/h8H,5-7H2,1-4H3. The molecule has 0 saturated heterocycles. The zero-order valence-corrected chi connectivity index (χ0v) is 11.8. The van der Waals surface area contributed by atoms with Crippen molar-refractivity contribution in [1.82, 2.24) is 14.7 Å². The van der Waals surface area contributed by atoms with Crippen LogP contribution >= 0.6 is 23.2 Å². The van der Waals surface area contributed by atoms with Gasteiger partial charge in [-0.25, -0.2) is 0 Å². The number of rotatable bonds is 5. The van der Waals surface area contributed by atoms with E-state index in [0.29, 0.717) is 0 Å². The van der Waals surface area contributed by atoms with Crippen molar-refractivity contribution in [2.24, 2.45) is 7.05 Å². The summed E-state index contributed by atoms with van der Waals surface area (Å²) in [6, 6.07) is 0. The van der Waals surface area contributed by atoms with Crippen LogP contribution in [-0.2, 0) is 13.6 Å². The Kier molecular flexibility index (Phi) is 5.09. The molecule has 0 fully saturated rings. The molecule has 0 aliphatic carbocycles. The molecule has 0 aliphatic heterocycles. The summed E-state index contributed by atoms with van der Waals surface area (Å²) in [6.07, 6.45) is 0.979. The fourth-order valence-electron chi connectivity index (χ4n) is 1.58. The smallest absolute Gasteiger partial charge is 0.0860 e. The number of aromatic nitrogens is 2. The Labute approximate surface area is 107 Å². The first-order valence-corrected chi connectivity index (χ1v) is 6.23. The molecule has 0 aromatic carbocycles. The zero-order chi connectivity index (χ0) is 12.3. The van der Waals surface area contributed by atoms with Crippen molar-refractivity contribution in [2.75, 3.05) is 13.6 Å². The molecular weight excluding hydrogens is 245 g/mol. The van der Waals surface area contributed by atoms with Gasteiger partial charge < -0.3 is 4.90 Å². The largest absolute Gasteiger partial charge is 0.300 e. The summed E-state index contributed by atoms with van der Waals surface area (Å²) in [5, 5.41) is 5.28. The van der Waals surface area contributed by atoms with Gasteiger partial charge in [-0.1, -0.05) is 11.6 Å². The third-order valence-electron chi connectivity index (χ3n) is 2.59. The van der Waals surface area contributed by atoms with Crippen LogP contribution < -0.4 is 0 Å². The molecule has 0 spiro atoms. The van der Waals surface area contributed by atoms with Gasteiger partial charge in [0.25, 0.3) is 0 Å². The minimum absolute atomic E-state index is 0.214. The van der Waals surface area contributed by atoms with E-state index in [-0.39, 0.29) is 5.38 Å². The fraction of sp³-hybridized carbons (Fsp3) is 0.727. The third kappa shape index (κ3) is 3.65. The normalized spacial score (nSPS) is 13.4. The van der Waals surface area contributed by atoms with Crippen molar-refractivity contribution >= 4 is 23.2 Å². The first-order chi connectivity index (χ1) is 7.41. The van der Waals surface area contributed by atoms with Gasteiger partial charge in [-0.05, 0) is 33.9 Å². The average molecular weight is 264 g/mol. The van der Waals surface area contributed by atoms with Gasteiger partial charge >= 0.3 is 0 Å². The maximum absolute atomic E-state index is 6.18. The minimum Gasteiger partial charge on any atom is -0.300 e. The van der Waals surface area contributed by atoms with E-state index in [1.807, 2.05) is 25.6 Å². The van der Waals surface area contributed by atoms with Crippen LogP contribution in [0.3, 0.4) is 0 Å². The Hall–Kier alpha value is -0.250. The second kappa shape index (κ2) is 5.89. The van der Waals surface area contributed by atoms with E-state index in [0.717, 1.165) is 35.9 Å². The van der Waals surface area contributed by atoms with Gasteiger partial charge in [0.15, 0.2) is 0 Å². The third-order valence-corrected chi connectivity index (χ3v) is 3.30. The molecule has 16 heavy (non-hydrogen) atoms. The number of aryl methyl sites for hydroxylation is 2. The summed E-state index contributed by atoms with van der Waals surface area (Å²) in [5.74, 6) is 0. The van der Waals surface area contributed by atoms with Crippen LogP contribution in [0, 0.1) is 6.92 Å². The Morgan fingerprint density at radius 3 is 2.56 bits per heavy atom. The van der Waals surface area contributed by atoms with Crippen molar-refractivity contribution in [3.63, 3.8) is 0 Å². The highest BCUT2D eigenvalue weighted by atomic mass is 35.5. The maximum Gasteiger partial charge on any atom is 0.0860 e. The molecule has 1 rings (SSSR count). The summed E-state index contributed by atoms with van der Waals surface area (Å²) < 4.78 is 1.85. The summed E-state index contributed by atoms with van der Waals surface area (Å²) in [5.41, 5.74) is 1.95. The predicted molar refractivity (Wildman–Crippen MR) is 69.2 cm³/mol. The molecular formula is C11H19Cl2N3. The Morgan fingerprint density at radius 1 is 1.50 bits per heavy atom. The van der Waals surface area contributed by atoms with Gasteiger partial charge in [0.05, 0.1) is 16.4 Å². The van der Waals surface area contributed by atoms with Crippen molar-refractivity contribution < 1.29 is 0 Å². The van der Waals surface area contributed by atoms with Crippen LogP contribution in [0.4, 0.5) is 0 Å². The number of alkyl halides is 1. The summed E-state index contributed by atoms with van der Waals surface area (Å²) in [6.45, 7) is 5.70. The lowest BCUT2D eigenvalue weighted by Gasteiger charge is -2.17. The van der Waals surface area contributed by atoms with Crippen molar-refractivity contribution in [3.8, 4) is 0 Å². The highest BCUT2D eigenvalue weighted by Gasteiger charge is 2.13. The molecule has 1 heterocycles. The van der Waals surface area contributed by atoms with Gasteiger partial charge in [-0.15, -0.1) is 11.6 Å². The molecule has 1 unspecified atom stereocenters. The molecule has 0 N–H and O–H groups in total. The fourth-order valence-corrected chi connectivity index (χ4v) is 1.90. The van der Waals surface area contributed by atoms with Gasteiger partial charge in [0.1, 0.15) is 0 Å². The molecule has 3 nitrogen and oxygen atoms in total. The number of halogens is 2. The van der Waals surface area contributed by atoms with Crippen LogP contribution in [0.15, 0.2) is 0 Å². The molecule has 1 atom stereocenters. The predicted octanol–water partition coefficient (Wildman–Crippen LogP) is 2.83. The Balaban J connectivity index is 2.59. The molecule has 92 valence electrons. The van der Waals surface area contributed by atoms with Gasteiger partial charge in [-0.3, -0.25) is 4.68 Å². The van der Waals surface area contributed by atoms with Crippen LogP contribution in [0.25, 0.3) is 0 Å². The first-order valence-electron chi connectivity index (χ1n) is 5.42. The van der Waals surface area contributed by atoms with Crippen molar-refractivity contribution in [3.05, 3.63) is 16.4 Å². The van der Waals surface area contributed by atoms with Gasteiger partial charge in [0.2, 0.25) is 0 Å². The van der Waals surface area contributed by atoms with Crippen LogP contribution in [0.5, 0.6) is 0 Å². The Morgan fingerprint density at radius 2 is 2.12 bits per heavy atom.